The molecule has 0 spiro atoms. The zero-order valence-electron chi connectivity index (χ0n) is 6.82. The third-order valence-electron chi connectivity index (χ3n) is 1.70. The Morgan fingerprint density at radius 1 is 1.54 bits per heavy atom. The summed E-state index contributed by atoms with van der Waals surface area (Å²) in [7, 11) is 0. The van der Waals surface area contributed by atoms with Gasteiger partial charge in [0.05, 0.1) is 5.02 Å². The fraction of sp³-hybridized carbons (Fsp3) is 0.375. The van der Waals surface area contributed by atoms with E-state index in [-0.39, 0.29) is 10.9 Å². The minimum atomic E-state index is -2.66. The molecule has 0 unspecified atom stereocenters. The summed E-state index contributed by atoms with van der Waals surface area (Å²) >= 11 is 11.2. The molecule has 0 saturated heterocycles. The third-order valence-corrected chi connectivity index (χ3v) is 2.39. The Kier molecular flexibility index (Phi) is 3.45. The van der Waals surface area contributed by atoms with Crippen LogP contribution in [-0.2, 0) is 5.88 Å². The first-order valence-electron chi connectivity index (χ1n) is 3.56. The van der Waals surface area contributed by atoms with E-state index in [2.05, 4.69) is 4.98 Å². The summed E-state index contributed by atoms with van der Waals surface area (Å²) in [4.78, 5) is 3.55. The summed E-state index contributed by atoms with van der Waals surface area (Å²) in [6.45, 7) is 1.73. The molecule has 1 rings (SSSR count). The Labute approximate surface area is 84.7 Å². The van der Waals surface area contributed by atoms with Crippen molar-refractivity contribution in [2.24, 2.45) is 0 Å². The van der Waals surface area contributed by atoms with Gasteiger partial charge in [-0.25, -0.2) is 8.78 Å². The number of pyridine rings is 1. The molecule has 0 amide bonds. The van der Waals surface area contributed by atoms with Crippen molar-refractivity contribution in [3.8, 4) is 0 Å². The topological polar surface area (TPSA) is 12.9 Å². The molecule has 0 aliphatic carbocycles. The van der Waals surface area contributed by atoms with Gasteiger partial charge in [0.25, 0.3) is 6.43 Å². The number of alkyl halides is 3. The van der Waals surface area contributed by atoms with Crippen LogP contribution in [0.25, 0.3) is 0 Å². The average molecular weight is 226 g/mol. The summed E-state index contributed by atoms with van der Waals surface area (Å²) in [5, 5.41) is -0.0231. The number of nitrogens with zero attached hydrogens (tertiary/aromatic N) is 1. The molecule has 0 N–H and O–H groups in total. The maximum Gasteiger partial charge on any atom is 0.281 e. The van der Waals surface area contributed by atoms with Gasteiger partial charge in [0.1, 0.15) is 5.69 Å². The molecule has 0 saturated carbocycles. The van der Waals surface area contributed by atoms with Gasteiger partial charge in [0, 0.05) is 12.1 Å². The number of aromatic nitrogens is 1. The van der Waals surface area contributed by atoms with E-state index in [1.807, 2.05) is 0 Å². The molecule has 0 radical (unpaired) electrons. The summed E-state index contributed by atoms with van der Waals surface area (Å²) in [5.41, 5.74) is 0.848. The van der Waals surface area contributed by atoms with Crippen molar-refractivity contribution in [3.63, 3.8) is 0 Å². The van der Waals surface area contributed by atoms with E-state index in [1.54, 1.807) is 6.92 Å². The van der Waals surface area contributed by atoms with Crippen LogP contribution in [0.3, 0.4) is 0 Å². The van der Waals surface area contributed by atoms with E-state index in [9.17, 15) is 8.78 Å². The van der Waals surface area contributed by atoms with Gasteiger partial charge in [-0.3, -0.25) is 4.98 Å². The summed E-state index contributed by atoms with van der Waals surface area (Å²) < 4.78 is 24.6. The zero-order chi connectivity index (χ0) is 10.0. The standard InChI is InChI=1S/C8H7Cl2F2N/c1-4-3-13-7(8(11)12)6(10)5(4)2-9/h3,8H,2H2,1H3. The number of hydrogen-bond acceptors (Lipinski definition) is 1. The van der Waals surface area contributed by atoms with Gasteiger partial charge in [0.15, 0.2) is 0 Å². The number of halogens is 4. The molecular formula is C8H7Cl2F2N. The lowest BCUT2D eigenvalue weighted by Gasteiger charge is -2.08. The molecule has 1 aromatic rings. The van der Waals surface area contributed by atoms with Crippen molar-refractivity contribution in [2.45, 2.75) is 19.2 Å². The van der Waals surface area contributed by atoms with Crippen LogP contribution in [0.5, 0.6) is 0 Å². The summed E-state index contributed by atoms with van der Waals surface area (Å²) in [5.74, 6) is 0.118. The Hall–Kier alpha value is -0.410. The zero-order valence-corrected chi connectivity index (χ0v) is 8.33. The molecule has 72 valence electrons. The highest BCUT2D eigenvalue weighted by molar-refractivity contribution is 6.33. The average Bonchev–Trinajstić information content (AvgIpc) is 2.04. The van der Waals surface area contributed by atoms with Crippen LogP contribution in [0, 0.1) is 6.92 Å². The number of rotatable bonds is 2. The summed E-state index contributed by atoms with van der Waals surface area (Å²) in [6, 6.07) is 0. The number of aryl methyl sites for hydroxylation is 1. The van der Waals surface area contributed by atoms with Crippen LogP contribution < -0.4 is 0 Å². The van der Waals surface area contributed by atoms with Crippen molar-refractivity contribution in [3.05, 3.63) is 28.0 Å². The molecule has 1 heterocycles. The lowest BCUT2D eigenvalue weighted by atomic mass is 10.1. The largest absolute Gasteiger partial charge is 0.281 e. The minimum Gasteiger partial charge on any atom is -0.253 e. The molecule has 0 bridgehead atoms. The molecule has 0 fully saturated rings. The Morgan fingerprint density at radius 2 is 2.15 bits per heavy atom. The van der Waals surface area contributed by atoms with E-state index in [0.717, 1.165) is 5.56 Å². The van der Waals surface area contributed by atoms with Crippen LogP contribution in [0.2, 0.25) is 5.02 Å². The first-order chi connectivity index (χ1) is 6.07. The van der Waals surface area contributed by atoms with Crippen LogP contribution in [0.1, 0.15) is 23.2 Å². The van der Waals surface area contributed by atoms with Crippen molar-refractivity contribution >= 4 is 23.2 Å². The maximum absolute atomic E-state index is 12.3. The fourth-order valence-electron chi connectivity index (χ4n) is 0.945. The smallest absolute Gasteiger partial charge is 0.253 e. The van der Waals surface area contributed by atoms with Gasteiger partial charge < -0.3 is 0 Å². The van der Waals surface area contributed by atoms with Crippen molar-refractivity contribution in [1.82, 2.24) is 4.98 Å². The predicted molar refractivity (Wildman–Crippen MR) is 48.5 cm³/mol. The second kappa shape index (κ2) is 4.20. The molecule has 0 aliphatic heterocycles. The molecule has 13 heavy (non-hydrogen) atoms. The van der Waals surface area contributed by atoms with Gasteiger partial charge in [-0.05, 0) is 18.1 Å². The Morgan fingerprint density at radius 3 is 2.62 bits per heavy atom. The van der Waals surface area contributed by atoms with Crippen LogP contribution in [-0.4, -0.2) is 4.98 Å². The molecular weight excluding hydrogens is 219 g/mol. The van der Waals surface area contributed by atoms with Crippen LogP contribution in [0.15, 0.2) is 6.20 Å². The van der Waals surface area contributed by atoms with Crippen molar-refractivity contribution in [1.29, 1.82) is 0 Å². The van der Waals surface area contributed by atoms with E-state index in [4.69, 9.17) is 23.2 Å². The molecule has 5 heteroatoms. The SMILES string of the molecule is Cc1cnc(C(F)F)c(Cl)c1CCl. The normalized spacial score (nSPS) is 10.9. The molecule has 0 aliphatic rings. The van der Waals surface area contributed by atoms with Crippen LogP contribution in [0.4, 0.5) is 8.78 Å². The second-order valence-corrected chi connectivity index (χ2v) is 3.20. The predicted octanol–water partition coefficient (Wildman–Crippen LogP) is 3.72. The maximum atomic E-state index is 12.3. The van der Waals surface area contributed by atoms with Crippen LogP contribution >= 0.6 is 23.2 Å². The van der Waals surface area contributed by atoms with Gasteiger partial charge >= 0.3 is 0 Å². The number of hydrogen-bond donors (Lipinski definition) is 0. The third kappa shape index (κ3) is 2.09. The van der Waals surface area contributed by atoms with Gasteiger partial charge in [0.2, 0.25) is 0 Å². The molecule has 1 aromatic heterocycles. The first kappa shape index (κ1) is 10.7. The lowest BCUT2D eigenvalue weighted by molar-refractivity contribution is 0.146. The van der Waals surface area contributed by atoms with E-state index >= 15 is 0 Å². The minimum absolute atomic E-state index is 0.0231. The molecule has 0 atom stereocenters. The Balaban J connectivity index is 3.27. The highest BCUT2D eigenvalue weighted by atomic mass is 35.5. The molecule has 1 nitrogen and oxygen atoms in total. The van der Waals surface area contributed by atoms with Crippen molar-refractivity contribution < 1.29 is 8.78 Å². The fourth-order valence-corrected chi connectivity index (χ4v) is 1.70. The monoisotopic (exact) mass is 225 g/mol. The van der Waals surface area contributed by atoms with Gasteiger partial charge in [-0.2, -0.15) is 0 Å². The second-order valence-electron chi connectivity index (χ2n) is 2.55. The lowest BCUT2D eigenvalue weighted by Crippen LogP contribution is -1.97. The first-order valence-corrected chi connectivity index (χ1v) is 4.47. The van der Waals surface area contributed by atoms with E-state index < -0.39 is 12.1 Å². The van der Waals surface area contributed by atoms with Gasteiger partial charge in [-0.1, -0.05) is 11.6 Å². The molecule has 0 aromatic carbocycles. The van der Waals surface area contributed by atoms with E-state index in [1.165, 1.54) is 6.20 Å². The van der Waals surface area contributed by atoms with Crippen molar-refractivity contribution in [2.75, 3.05) is 0 Å². The van der Waals surface area contributed by atoms with E-state index in [0.29, 0.717) is 5.56 Å². The highest BCUT2D eigenvalue weighted by Gasteiger charge is 2.17. The summed E-state index contributed by atoms with van der Waals surface area (Å²) in [6.07, 6.45) is -1.31. The van der Waals surface area contributed by atoms with Gasteiger partial charge in [-0.15, -0.1) is 11.6 Å². The highest BCUT2D eigenvalue weighted by Crippen LogP contribution is 2.30. The Bertz CT molecular complexity index is 315. The quantitative estimate of drug-likeness (QED) is 0.700.